The average molecular weight is 628 g/mol. The Balaban J connectivity index is 2.14. The molecule has 0 spiro atoms. The molecule has 0 aliphatic carbocycles. The second-order valence-corrected chi connectivity index (χ2v) is 13.6. The van der Waals surface area contributed by atoms with Crippen molar-refractivity contribution in [3.05, 3.63) is 48.6 Å². The summed E-state index contributed by atoms with van der Waals surface area (Å²) in [6, 6.07) is 0.332. The van der Waals surface area contributed by atoms with Crippen molar-refractivity contribution in [3.8, 4) is 0 Å². The Morgan fingerprint density at radius 3 is 1.33 bits per heavy atom. The Morgan fingerprint density at radius 1 is 0.556 bits per heavy atom. The summed E-state index contributed by atoms with van der Waals surface area (Å²) in [4.78, 5) is 0. The molecule has 0 aromatic rings. The van der Waals surface area contributed by atoms with E-state index in [0.29, 0.717) is 6.04 Å². The van der Waals surface area contributed by atoms with Crippen LogP contribution >= 0.6 is 0 Å². The molecule has 1 fully saturated rings. The maximum absolute atomic E-state index is 6.64. The molecule has 1 rings (SSSR count). The molecule has 3 heteroatoms. The number of ether oxygens (including phenoxy) is 2. The van der Waals surface area contributed by atoms with Crippen LogP contribution in [-0.2, 0) is 9.47 Å². The van der Waals surface area contributed by atoms with Crippen molar-refractivity contribution in [1.29, 1.82) is 0 Å². The number of allylic oxidation sites excluding steroid dienone is 8. The van der Waals surface area contributed by atoms with E-state index >= 15 is 0 Å². The van der Waals surface area contributed by atoms with Crippen LogP contribution in [0.4, 0.5) is 0 Å². The topological polar surface area (TPSA) is 30.5 Å². The maximum Gasteiger partial charge on any atom is 0.168 e. The molecular weight excluding hydrogens is 550 g/mol. The summed E-state index contributed by atoms with van der Waals surface area (Å²) < 4.78 is 13.1. The van der Waals surface area contributed by atoms with Gasteiger partial charge >= 0.3 is 0 Å². The smallest absolute Gasteiger partial charge is 0.168 e. The largest absolute Gasteiger partial charge is 0.347 e. The molecule has 0 amide bonds. The Hall–Kier alpha value is -1.16. The fourth-order valence-electron chi connectivity index (χ4n) is 6.16. The molecule has 0 aromatic carbocycles. The predicted octanol–water partition coefficient (Wildman–Crippen LogP) is 13.1. The highest BCUT2D eigenvalue weighted by atomic mass is 16.7. The molecule has 1 heterocycles. The van der Waals surface area contributed by atoms with Gasteiger partial charge in [-0.05, 0) is 91.0 Å². The van der Waals surface area contributed by atoms with Crippen molar-refractivity contribution in [2.24, 2.45) is 0 Å². The van der Waals surface area contributed by atoms with Crippen LogP contribution in [0, 0.1) is 0 Å². The van der Waals surface area contributed by atoms with Gasteiger partial charge in [0.1, 0.15) is 0 Å². The fraction of sp³-hybridized carbons (Fsp3) is 0.810. The Kier molecular flexibility index (Phi) is 29.2. The molecule has 3 nitrogen and oxygen atoms in total. The van der Waals surface area contributed by atoms with E-state index in [4.69, 9.17) is 9.47 Å². The van der Waals surface area contributed by atoms with Gasteiger partial charge in [0.15, 0.2) is 5.79 Å². The zero-order valence-corrected chi connectivity index (χ0v) is 30.7. The standard InChI is InChI=1S/C42H77NO2/c1-5-7-9-11-13-15-17-19-21-23-25-27-29-31-33-35-37-42(44-39-41(45-42)40(3)43-4)38-36-34-32-30-28-26-24-22-20-18-16-14-12-10-8-6-2/h13-16,19-22,40-41,43H,5-12,17-18,23-39H2,1-4H3/b15-13-,16-14-,21-19-,22-20-. The zero-order chi connectivity index (χ0) is 32.5. The predicted molar refractivity (Wildman–Crippen MR) is 200 cm³/mol. The van der Waals surface area contributed by atoms with Crippen molar-refractivity contribution < 1.29 is 9.47 Å². The number of nitrogens with one attached hydrogen (secondary N) is 1. The summed E-state index contributed by atoms with van der Waals surface area (Å²) >= 11 is 0. The fourth-order valence-corrected chi connectivity index (χ4v) is 6.16. The van der Waals surface area contributed by atoms with E-state index in [2.05, 4.69) is 74.7 Å². The van der Waals surface area contributed by atoms with Gasteiger partial charge in [0.05, 0.1) is 12.7 Å². The first-order chi connectivity index (χ1) is 22.2. The summed E-state index contributed by atoms with van der Waals surface area (Å²) in [6.45, 7) is 7.48. The van der Waals surface area contributed by atoms with E-state index in [-0.39, 0.29) is 11.9 Å². The molecule has 45 heavy (non-hydrogen) atoms. The van der Waals surface area contributed by atoms with E-state index in [0.717, 1.165) is 32.3 Å². The van der Waals surface area contributed by atoms with Gasteiger partial charge in [0.2, 0.25) is 0 Å². The monoisotopic (exact) mass is 628 g/mol. The third kappa shape index (κ3) is 24.6. The SMILES string of the molecule is CCCCC/C=C\C/C=C\CCCCCCCCC1(CCCCCCCC/C=C\C/C=C\CCCCC)OCC(C(C)NC)O1. The first kappa shape index (κ1) is 41.9. The lowest BCUT2D eigenvalue weighted by Crippen LogP contribution is -2.39. The maximum atomic E-state index is 6.64. The summed E-state index contributed by atoms with van der Waals surface area (Å²) in [5, 5.41) is 3.37. The van der Waals surface area contributed by atoms with E-state index in [9.17, 15) is 0 Å². The normalized spacial score (nSPS) is 17.6. The van der Waals surface area contributed by atoms with E-state index in [1.54, 1.807) is 0 Å². The average Bonchev–Trinajstić information content (AvgIpc) is 3.48. The zero-order valence-electron chi connectivity index (χ0n) is 30.7. The molecule has 262 valence electrons. The van der Waals surface area contributed by atoms with E-state index in [1.165, 1.54) is 141 Å². The highest BCUT2D eigenvalue weighted by molar-refractivity contribution is 4.93. The minimum absolute atomic E-state index is 0.171. The summed E-state index contributed by atoms with van der Waals surface area (Å²) in [5.74, 6) is -0.347. The molecule has 0 aromatic heterocycles. The van der Waals surface area contributed by atoms with Crippen LogP contribution in [0.2, 0.25) is 0 Å². The molecule has 1 saturated heterocycles. The van der Waals surface area contributed by atoms with Crippen LogP contribution in [0.3, 0.4) is 0 Å². The van der Waals surface area contributed by atoms with Gasteiger partial charge in [-0.15, -0.1) is 0 Å². The Morgan fingerprint density at radius 2 is 0.933 bits per heavy atom. The van der Waals surface area contributed by atoms with Crippen LogP contribution < -0.4 is 5.32 Å². The van der Waals surface area contributed by atoms with Gasteiger partial charge in [-0.3, -0.25) is 0 Å². The highest BCUT2D eigenvalue weighted by Crippen LogP contribution is 2.35. The van der Waals surface area contributed by atoms with Crippen molar-refractivity contribution in [3.63, 3.8) is 0 Å². The first-order valence-electron chi connectivity index (χ1n) is 19.8. The number of unbranched alkanes of at least 4 members (excludes halogenated alkanes) is 18. The molecule has 1 aliphatic heterocycles. The minimum Gasteiger partial charge on any atom is -0.347 e. The van der Waals surface area contributed by atoms with E-state index in [1.807, 2.05) is 7.05 Å². The highest BCUT2D eigenvalue weighted by Gasteiger charge is 2.42. The summed E-state index contributed by atoms with van der Waals surface area (Å²) in [6.07, 6.45) is 52.0. The number of rotatable bonds is 32. The summed E-state index contributed by atoms with van der Waals surface area (Å²) in [5.41, 5.74) is 0. The first-order valence-corrected chi connectivity index (χ1v) is 19.8. The van der Waals surface area contributed by atoms with Crippen LogP contribution in [0.5, 0.6) is 0 Å². The van der Waals surface area contributed by atoms with Crippen molar-refractivity contribution in [1.82, 2.24) is 5.32 Å². The third-order valence-corrected chi connectivity index (χ3v) is 9.41. The third-order valence-electron chi connectivity index (χ3n) is 9.41. The van der Waals surface area contributed by atoms with E-state index < -0.39 is 0 Å². The van der Waals surface area contributed by atoms with Gasteiger partial charge in [-0.25, -0.2) is 0 Å². The minimum atomic E-state index is -0.347. The van der Waals surface area contributed by atoms with Crippen LogP contribution in [0.1, 0.15) is 188 Å². The quantitative estimate of drug-likeness (QED) is 0.0594. The van der Waals surface area contributed by atoms with Gasteiger partial charge in [0.25, 0.3) is 0 Å². The van der Waals surface area contributed by atoms with Gasteiger partial charge < -0.3 is 14.8 Å². The summed E-state index contributed by atoms with van der Waals surface area (Å²) in [7, 11) is 2.03. The van der Waals surface area contributed by atoms with Gasteiger partial charge in [0, 0.05) is 18.9 Å². The second-order valence-electron chi connectivity index (χ2n) is 13.6. The number of likely N-dealkylation sites (N-methyl/N-ethyl adjacent to an activating group) is 1. The Labute approximate surface area is 282 Å². The molecule has 2 atom stereocenters. The molecule has 0 radical (unpaired) electrons. The Bertz CT molecular complexity index is 691. The molecule has 0 saturated carbocycles. The number of hydrogen-bond acceptors (Lipinski definition) is 3. The van der Waals surface area contributed by atoms with Crippen LogP contribution in [0.25, 0.3) is 0 Å². The van der Waals surface area contributed by atoms with Crippen molar-refractivity contribution in [2.45, 2.75) is 206 Å². The van der Waals surface area contributed by atoms with Gasteiger partial charge in [-0.2, -0.15) is 0 Å². The lowest BCUT2D eigenvalue weighted by atomic mass is 9.98. The molecule has 0 bridgehead atoms. The molecular formula is C42H77NO2. The molecule has 1 N–H and O–H groups in total. The molecule has 1 aliphatic rings. The lowest BCUT2D eigenvalue weighted by molar-refractivity contribution is -0.181. The number of hydrogen-bond donors (Lipinski definition) is 1. The van der Waals surface area contributed by atoms with Gasteiger partial charge in [-0.1, -0.05) is 140 Å². The van der Waals surface area contributed by atoms with Crippen LogP contribution in [0.15, 0.2) is 48.6 Å². The van der Waals surface area contributed by atoms with Crippen LogP contribution in [-0.4, -0.2) is 31.6 Å². The lowest BCUT2D eigenvalue weighted by Gasteiger charge is -2.29. The van der Waals surface area contributed by atoms with Crippen molar-refractivity contribution >= 4 is 0 Å². The van der Waals surface area contributed by atoms with Crippen molar-refractivity contribution in [2.75, 3.05) is 13.7 Å². The molecule has 2 unspecified atom stereocenters. The second kappa shape index (κ2) is 31.4.